The van der Waals surface area contributed by atoms with Crippen molar-refractivity contribution in [3.63, 3.8) is 0 Å². The fourth-order valence-electron chi connectivity index (χ4n) is 4.62. The number of morpholine rings is 1. The Kier molecular flexibility index (Phi) is 2.49. The van der Waals surface area contributed by atoms with Crippen LogP contribution in [0.25, 0.3) is 0 Å². The predicted molar refractivity (Wildman–Crippen MR) is 71.6 cm³/mol. The first-order chi connectivity index (χ1) is 8.93. The largest absolute Gasteiger partial charge is 0.379 e. The van der Waals surface area contributed by atoms with E-state index in [1.165, 1.54) is 19.3 Å². The van der Waals surface area contributed by atoms with Gasteiger partial charge in [-0.1, -0.05) is 36.8 Å². The summed E-state index contributed by atoms with van der Waals surface area (Å²) in [6, 6.07) is 11.2. The summed E-state index contributed by atoms with van der Waals surface area (Å²) in [4.78, 5) is 2.74. The van der Waals surface area contributed by atoms with E-state index in [0.29, 0.717) is 5.54 Å². The number of ether oxygens (including phenoxy) is 1. The molecule has 0 unspecified atom stereocenters. The van der Waals surface area contributed by atoms with Crippen LogP contribution < -0.4 is 0 Å². The molecule has 0 amide bonds. The molecule has 2 saturated carbocycles. The summed E-state index contributed by atoms with van der Waals surface area (Å²) in [5.41, 5.74) is 2.07. The number of hydrogen-bond acceptors (Lipinski definition) is 2. The summed E-state index contributed by atoms with van der Waals surface area (Å²) in [6.45, 7) is 4.13. The summed E-state index contributed by atoms with van der Waals surface area (Å²) >= 11 is 0. The van der Waals surface area contributed by atoms with Crippen LogP contribution in [0.1, 0.15) is 30.7 Å². The summed E-state index contributed by atoms with van der Waals surface area (Å²) in [5.74, 6) is 1.71. The van der Waals surface area contributed by atoms with Gasteiger partial charge in [-0.05, 0) is 24.3 Å². The highest BCUT2D eigenvalue weighted by Crippen LogP contribution is 2.69. The van der Waals surface area contributed by atoms with Crippen molar-refractivity contribution in [3.8, 4) is 0 Å². The monoisotopic (exact) mass is 243 g/mol. The number of fused-ring (bicyclic) bond motifs is 1. The fourth-order valence-corrected chi connectivity index (χ4v) is 4.62. The zero-order valence-corrected chi connectivity index (χ0v) is 10.8. The minimum atomic E-state index is 0.505. The number of nitrogens with zero attached hydrogens (tertiary/aromatic N) is 1. The lowest BCUT2D eigenvalue weighted by molar-refractivity contribution is 0.00609. The van der Waals surface area contributed by atoms with Crippen LogP contribution in [0.2, 0.25) is 0 Å². The first kappa shape index (κ1) is 11.0. The molecular weight excluding hydrogens is 222 g/mol. The summed E-state index contributed by atoms with van der Waals surface area (Å²) in [5, 5.41) is 0. The Bertz CT molecular complexity index is 426. The third-order valence-corrected chi connectivity index (χ3v) is 5.32. The smallest absolute Gasteiger partial charge is 0.0594 e. The lowest BCUT2D eigenvalue weighted by Gasteiger charge is -2.35. The second kappa shape index (κ2) is 4.07. The van der Waals surface area contributed by atoms with E-state index >= 15 is 0 Å². The molecule has 2 nitrogen and oxygen atoms in total. The van der Waals surface area contributed by atoms with Gasteiger partial charge in [0.25, 0.3) is 0 Å². The number of benzene rings is 1. The molecule has 3 atom stereocenters. The standard InChI is InChI=1S/C16H21NO/c1-2-5-13(6-3-1)15-14-7-4-8-16(14,15)17-9-11-18-12-10-17/h1-3,5-6,14-15H,4,7-12H2/t14-,15-,16+/m0/s1. The van der Waals surface area contributed by atoms with Crippen molar-refractivity contribution in [1.29, 1.82) is 0 Å². The molecule has 96 valence electrons. The minimum Gasteiger partial charge on any atom is -0.379 e. The molecule has 0 aromatic heterocycles. The lowest BCUT2D eigenvalue weighted by atomic mass is 9.99. The van der Waals surface area contributed by atoms with Crippen LogP contribution in [0.4, 0.5) is 0 Å². The molecule has 0 N–H and O–H groups in total. The molecule has 1 saturated heterocycles. The van der Waals surface area contributed by atoms with Gasteiger partial charge in [0.1, 0.15) is 0 Å². The Balaban J connectivity index is 1.63. The third kappa shape index (κ3) is 1.42. The molecule has 1 aromatic carbocycles. The lowest BCUT2D eigenvalue weighted by Crippen LogP contribution is -2.46. The van der Waals surface area contributed by atoms with Crippen molar-refractivity contribution in [2.75, 3.05) is 26.3 Å². The highest BCUT2D eigenvalue weighted by Gasteiger charge is 2.69. The first-order valence-corrected chi connectivity index (χ1v) is 7.31. The zero-order chi connectivity index (χ0) is 12.0. The Morgan fingerprint density at radius 1 is 1.11 bits per heavy atom. The summed E-state index contributed by atoms with van der Waals surface area (Å²) in [6.07, 6.45) is 4.25. The average molecular weight is 243 g/mol. The van der Waals surface area contributed by atoms with E-state index in [1.54, 1.807) is 5.56 Å². The van der Waals surface area contributed by atoms with Gasteiger partial charge in [0.15, 0.2) is 0 Å². The predicted octanol–water partition coefficient (Wildman–Crippen LogP) is 2.65. The van der Waals surface area contributed by atoms with Crippen LogP contribution in [0.15, 0.2) is 30.3 Å². The van der Waals surface area contributed by atoms with Crippen LogP contribution in [0.5, 0.6) is 0 Å². The summed E-state index contributed by atoms with van der Waals surface area (Å²) < 4.78 is 5.52. The molecular formula is C16H21NO. The highest BCUT2D eigenvalue weighted by molar-refractivity contribution is 5.39. The molecule has 1 heterocycles. The van der Waals surface area contributed by atoms with E-state index in [-0.39, 0.29) is 0 Å². The van der Waals surface area contributed by atoms with Crippen LogP contribution in [-0.4, -0.2) is 36.7 Å². The second-order valence-electron chi connectivity index (χ2n) is 5.98. The molecule has 1 aromatic rings. The Labute approximate surface area is 109 Å². The minimum absolute atomic E-state index is 0.505. The normalized spacial score (nSPS) is 39.6. The van der Waals surface area contributed by atoms with E-state index in [2.05, 4.69) is 35.2 Å². The maximum atomic E-state index is 5.52. The molecule has 2 aliphatic carbocycles. The van der Waals surface area contributed by atoms with Crippen molar-refractivity contribution in [2.24, 2.45) is 5.92 Å². The van der Waals surface area contributed by atoms with E-state index in [4.69, 9.17) is 4.74 Å². The highest BCUT2D eigenvalue weighted by atomic mass is 16.5. The van der Waals surface area contributed by atoms with Gasteiger partial charge >= 0.3 is 0 Å². The number of rotatable bonds is 2. The Morgan fingerprint density at radius 3 is 2.67 bits per heavy atom. The molecule has 0 radical (unpaired) electrons. The maximum Gasteiger partial charge on any atom is 0.0594 e. The maximum absolute atomic E-state index is 5.52. The molecule has 0 bridgehead atoms. The first-order valence-electron chi connectivity index (χ1n) is 7.31. The van der Waals surface area contributed by atoms with Crippen LogP contribution in [0.3, 0.4) is 0 Å². The average Bonchev–Trinajstić information content (AvgIpc) is 2.90. The van der Waals surface area contributed by atoms with E-state index in [9.17, 15) is 0 Å². The zero-order valence-electron chi connectivity index (χ0n) is 10.8. The van der Waals surface area contributed by atoms with Gasteiger partial charge in [0.2, 0.25) is 0 Å². The Hall–Kier alpha value is -0.860. The van der Waals surface area contributed by atoms with Gasteiger partial charge < -0.3 is 4.74 Å². The molecule has 2 heteroatoms. The quantitative estimate of drug-likeness (QED) is 0.792. The molecule has 18 heavy (non-hydrogen) atoms. The molecule has 3 aliphatic rings. The second-order valence-corrected chi connectivity index (χ2v) is 5.98. The Morgan fingerprint density at radius 2 is 1.89 bits per heavy atom. The van der Waals surface area contributed by atoms with Crippen molar-refractivity contribution < 1.29 is 4.74 Å². The SMILES string of the molecule is c1ccc([C@H]2[C@@H]3CCC[C@@]32N2CCOCC2)cc1. The van der Waals surface area contributed by atoms with Gasteiger partial charge in [0, 0.05) is 24.5 Å². The van der Waals surface area contributed by atoms with E-state index in [1.807, 2.05) is 0 Å². The molecule has 1 aliphatic heterocycles. The van der Waals surface area contributed by atoms with Gasteiger partial charge in [0.05, 0.1) is 13.2 Å². The van der Waals surface area contributed by atoms with Crippen LogP contribution in [0, 0.1) is 5.92 Å². The van der Waals surface area contributed by atoms with Gasteiger partial charge in [-0.2, -0.15) is 0 Å². The van der Waals surface area contributed by atoms with Crippen molar-refractivity contribution in [2.45, 2.75) is 30.7 Å². The van der Waals surface area contributed by atoms with Crippen molar-refractivity contribution >= 4 is 0 Å². The fraction of sp³-hybridized carbons (Fsp3) is 0.625. The van der Waals surface area contributed by atoms with Gasteiger partial charge in [-0.25, -0.2) is 0 Å². The van der Waals surface area contributed by atoms with Gasteiger partial charge in [-0.3, -0.25) is 4.90 Å². The molecule has 0 spiro atoms. The molecule has 3 fully saturated rings. The van der Waals surface area contributed by atoms with Crippen molar-refractivity contribution in [1.82, 2.24) is 4.90 Å². The van der Waals surface area contributed by atoms with Crippen molar-refractivity contribution in [3.05, 3.63) is 35.9 Å². The van der Waals surface area contributed by atoms with E-state index in [0.717, 1.165) is 38.1 Å². The van der Waals surface area contributed by atoms with Crippen LogP contribution in [-0.2, 0) is 4.74 Å². The molecule has 4 rings (SSSR count). The van der Waals surface area contributed by atoms with Crippen LogP contribution >= 0.6 is 0 Å². The van der Waals surface area contributed by atoms with E-state index < -0.39 is 0 Å². The third-order valence-electron chi connectivity index (χ3n) is 5.32. The van der Waals surface area contributed by atoms with Gasteiger partial charge in [-0.15, -0.1) is 0 Å². The number of hydrogen-bond donors (Lipinski definition) is 0. The summed E-state index contributed by atoms with van der Waals surface area (Å²) in [7, 11) is 0. The topological polar surface area (TPSA) is 12.5 Å².